The number of hydrogen-bond acceptors (Lipinski definition) is 4. The number of benzene rings is 1. The van der Waals surface area contributed by atoms with Crippen molar-refractivity contribution in [1.29, 1.82) is 5.26 Å². The summed E-state index contributed by atoms with van der Waals surface area (Å²) in [6, 6.07) is 7.92. The fourth-order valence-corrected chi connectivity index (χ4v) is 3.45. The van der Waals surface area contributed by atoms with Gasteiger partial charge in [-0.2, -0.15) is 9.57 Å². The third-order valence-corrected chi connectivity index (χ3v) is 4.94. The zero-order valence-corrected chi connectivity index (χ0v) is 10.9. The van der Waals surface area contributed by atoms with Gasteiger partial charge < -0.3 is 4.74 Å². The zero-order chi connectivity index (χ0) is 13.2. The van der Waals surface area contributed by atoms with Crippen molar-refractivity contribution in [2.45, 2.75) is 17.4 Å². The number of ether oxygens (including phenoxy) is 1. The molecule has 1 aliphatic heterocycles. The third-order valence-electron chi connectivity index (χ3n) is 3.06. The highest BCUT2D eigenvalue weighted by Crippen LogP contribution is 2.22. The molecule has 1 aliphatic rings. The van der Waals surface area contributed by atoms with E-state index in [4.69, 9.17) is 10.00 Å². The Hall–Kier alpha value is -1.42. The summed E-state index contributed by atoms with van der Waals surface area (Å²) in [7, 11) is -1.88. The Kier molecular flexibility index (Phi) is 3.66. The maximum absolute atomic E-state index is 12.3. The van der Waals surface area contributed by atoms with Crippen molar-refractivity contribution in [1.82, 2.24) is 4.31 Å². The Morgan fingerprint density at radius 3 is 2.56 bits per heavy atom. The first kappa shape index (κ1) is 13.0. The molecule has 0 aromatic heterocycles. The van der Waals surface area contributed by atoms with Gasteiger partial charge in [-0.05, 0) is 30.7 Å². The molecule has 0 radical (unpaired) electrons. The summed E-state index contributed by atoms with van der Waals surface area (Å²) >= 11 is 0. The molecule has 0 amide bonds. The molecule has 1 unspecified atom stereocenters. The van der Waals surface area contributed by atoms with E-state index in [1.54, 1.807) is 7.11 Å². The first-order chi connectivity index (χ1) is 8.57. The minimum absolute atomic E-state index is 0.0295. The minimum atomic E-state index is -3.46. The summed E-state index contributed by atoms with van der Waals surface area (Å²) in [5, 5.41) is 8.68. The Balaban J connectivity index is 2.23. The van der Waals surface area contributed by atoms with Crippen molar-refractivity contribution in [2.24, 2.45) is 0 Å². The van der Waals surface area contributed by atoms with Gasteiger partial charge in [0, 0.05) is 20.2 Å². The molecular weight excluding hydrogens is 252 g/mol. The number of nitriles is 1. The molecule has 0 N–H and O–H groups in total. The lowest BCUT2D eigenvalue weighted by Gasteiger charge is -2.16. The highest BCUT2D eigenvalue weighted by molar-refractivity contribution is 7.89. The van der Waals surface area contributed by atoms with Gasteiger partial charge in [-0.15, -0.1) is 0 Å². The van der Waals surface area contributed by atoms with Crippen LogP contribution >= 0.6 is 0 Å². The van der Waals surface area contributed by atoms with E-state index in [1.807, 2.05) is 6.07 Å². The number of rotatable bonds is 3. The second-order valence-corrected chi connectivity index (χ2v) is 6.08. The van der Waals surface area contributed by atoms with Crippen LogP contribution in [-0.4, -0.2) is 39.0 Å². The predicted octanol–water partition coefficient (Wildman–Crippen LogP) is 0.968. The van der Waals surface area contributed by atoms with Crippen LogP contribution in [0.2, 0.25) is 0 Å². The van der Waals surface area contributed by atoms with E-state index < -0.39 is 10.0 Å². The smallest absolute Gasteiger partial charge is 0.243 e. The molecule has 6 heteroatoms. The van der Waals surface area contributed by atoms with Crippen molar-refractivity contribution >= 4 is 10.0 Å². The first-order valence-corrected chi connectivity index (χ1v) is 7.05. The van der Waals surface area contributed by atoms with Gasteiger partial charge in [-0.1, -0.05) is 0 Å². The summed E-state index contributed by atoms with van der Waals surface area (Å²) in [6.07, 6.45) is 0.685. The lowest BCUT2D eigenvalue weighted by molar-refractivity contribution is 0.115. The fraction of sp³-hybridized carbons (Fsp3) is 0.417. The predicted molar refractivity (Wildman–Crippen MR) is 65.3 cm³/mol. The monoisotopic (exact) mass is 266 g/mol. The number of methoxy groups -OCH3 is 1. The molecule has 5 nitrogen and oxygen atoms in total. The van der Waals surface area contributed by atoms with Crippen molar-refractivity contribution < 1.29 is 13.2 Å². The number of sulfonamides is 1. The van der Waals surface area contributed by atoms with Crippen LogP contribution < -0.4 is 0 Å². The van der Waals surface area contributed by atoms with Crippen LogP contribution in [0.25, 0.3) is 0 Å². The van der Waals surface area contributed by atoms with Crippen LogP contribution in [0.5, 0.6) is 0 Å². The Morgan fingerprint density at radius 1 is 1.39 bits per heavy atom. The van der Waals surface area contributed by atoms with Gasteiger partial charge in [0.05, 0.1) is 22.6 Å². The van der Waals surface area contributed by atoms with Gasteiger partial charge >= 0.3 is 0 Å². The zero-order valence-electron chi connectivity index (χ0n) is 10.0. The molecule has 1 aromatic rings. The molecule has 0 bridgehead atoms. The van der Waals surface area contributed by atoms with Gasteiger partial charge in [-0.3, -0.25) is 0 Å². The molecule has 0 spiro atoms. The number of nitrogens with zero attached hydrogens (tertiary/aromatic N) is 2. The van der Waals surface area contributed by atoms with Crippen LogP contribution in [-0.2, 0) is 14.8 Å². The van der Waals surface area contributed by atoms with E-state index in [0.29, 0.717) is 25.1 Å². The molecule has 1 saturated heterocycles. The summed E-state index contributed by atoms with van der Waals surface area (Å²) < 4.78 is 31.1. The van der Waals surface area contributed by atoms with Crippen molar-refractivity contribution in [3.8, 4) is 6.07 Å². The molecule has 1 aromatic carbocycles. The molecule has 1 fully saturated rings. The van der Waals surface area contributed by atoms with Gasteiger partial charge in [-0.25, -0.2) is 8.42 Å². The van der Waals surface area contributed by atoms with Gasteiger partial charge in [0.1, 0.15) is 0 Å². The molecule has 96 valence electrons. The Morgan fingerprint density at radius 2 is 2.06 bits per heavy atom. The maximum atomic E-state index is 12.3. The lowest BCUT2D eigenvalue weighted by Crippen LogP contribution is -2.30. The Labute approximate surface area is 107 Å². The second kappa shape index (κ2) is 5.06. The lowest BCUT2D eigenvalue weighted by atomic mass is 10.2. The first-order valence-electron chi connectivity index (χ1n) is 5.61. The van der Waals surface area contributed by atoms with Crippen LogP contribution in [0, 0.1) is 11.3 Å². The van der Waals surface area contributed by atoms with Gasteiger partial charge in [0.2, 0.25) is 10.0 Å². The third kappa shape index (κ3) is 2.38. The average molecular weight is 266 g/mol. The summed E-state index contributed by atoms with van der Waals surface area (Å²) in [5.74, 6) is 0. The fourth-order valence-electron chi connectivity index (χ4n) is 1.96. The van der Waals surface area contributed by atoms with Crippen molar-refractivity contribution in [3.05, 3.63) is 29.8 Å². The highest BCUT2D eigenvalue weighted by atomic mass is 32.2. The SMILES string of the molecule is COC1CCN(S(=O)(=O)c2ccc(C#N)cc2)C1. The summed E-state index contributed by atoms with van der Waals surface area (Å²) in [4.78, 5) is 0.221. The standard InChI is InChI=1S/C12H14N2O3S/c1-17-11-6-7-14(9-11)18(15,16)12-4-2-10(8-13)3-5-12/h2-5,11H,6-7,9H2,1H3. The van der Waals surface area contributed by atoms with E-state index >= 15 is 0 Å². The topological polar surface area (TPSA) is 70.4 Å². The van der Waals surface area contributed by atoms with E-state index in [2.05, 4.69) is 0 Å². The molecule has 0 aliphatic carbocycles. The van der Waals surface area contributed by atoms with Crippen LogP contribution in [0.4, 0.5) is 0 Å². The van der Waals surface area contributed by atoms with Crippen LogP contribution in [0.3, 0.4) is 0 Å². The number of hydrogen-bond donors (Lipinski definition) is 0. The van der Waals surface area contributed by atoms with Gasteiger partial charge in [0.15, 0.2) is 0 Å². The summed E-state index contributed by atoms with van der Waals surface area (Å²) in [6.45, 7) is 0.861. The molecule has 2 rings (SSSR count). The molecular formula is C12H14N2O3S. The van der Waals surface area contributed by atoms with Crippen LogP contribution in [0.1, 0.15) is 12.0 Å². The summed E-state index contributed by atoms with van der Waals surface area (Å²) in [5.41, 5.74) is 0.449. The quantitative estimate of drug-likeness (QED) is 0.817. The van der Waals surface area contributed by atoms with E-state index in [-0.39, 0.29) is 11.0 Å². The molecule has 0 saturated carbocycles. The molecule has 1 heterocycles. The Bertz CT molecular complexity index is 560. The molecule has 18 heavy (non-hydrogen) atoms. The molecule has 1 atom stereocenters. The highest BCUT2D eigenvalue weighted by Gasteiger charge is 2.32. The van der Waals surface area contributed by atoms with Crippen molar-refractivity contribution in [3.63, 3.8) is 0 Å². The minimum Gasteiger partial charge on any atom is -0.380 e. The normalized spacial score (nSPS) is 20.8. The second-order valence-electron chi connectivity index (χ2n) is 4.15. The van der Waals surface area contributed by atoms with Gasteiger partial charge in [0.25, 0.3) is 0 Å². The van der Waals surface area contributed by atoms with E-state index in [1.165, 1.54) is 28.6 Å². The average Bonchev–Trinajstić information content (AvgIpc) is 2.88. The largest absolute Gasteiger partial charge is 0.380 e. The van der Waals surface area contributed by atoms with E-state index in [0.717, 1.165) is 0 Å². The van der Waals surface area contributed by atoms with Crippen molar-refractivity contribution in [2.75, 3.05) is 20.2 Å². The van der Waals surface area contributed by atoms with Crippen LogP contribution in [0.15, 0.2) is 29.2 Å². The maximum Gasteiger partial charge on any atom is 0.243 e. The van der Waals surface area contributed by atoms with E-state index in [9.17, 15) is 8.42 Å².